The SMILES string of the molecule is NC(=O)CCC(NC1CCCC(C(=O)OCc2ccccc2)CCC1)C(=O)O. The highest BCUT2D eigenvalue weighted by molar-refractivity contribution is 5.77. The molecular weight excluding hydrogens is 360 g/mol. The Morgan fingerprint density at radius 1 is 1.11 bits per heavy atom. The van der Waals surface area contributed by atoms with E-state index < -0.39 is 17.9 Å². The molecule has 1 aliphatic carbocycles. The Morgan fingerprint density at radius 3 is 2.32 bits per heavy atom. The molecule has 1 aromatic carbocycles. The van der Waals surface area contributed by atoms with Crippen molar-refractivity contribution in [2.45, 2.75) is 70.1 Å². The quantitative estimate of drug-likeness (QED) is 0.557. The van der Waals surface area contributed by atoms with E-state index in [0.29, 0.717) is 6.61 Å². The van der Waals surface area contributed by atoms with Crippen molar-refractivity contribution in [3.8, 4) is 0 Å². The molecule has 154 valence electrons. The zero-order chi connectivity index (χ0) is 20.4. The van der Waals surface area contributed by atoms with Crippen LogP contribution in [-0.2, 0) is 25.7 Å². The van der Waals surface area contributed by atoms with Crippen molar-refractivity contribution in [3.63, 3.8) is 0 Å². The van der Waals surface area contributed by atoms with E-state index in [9.17, 15) is 19.5 Å². The molecule has 7 heteroatoms. The molecule has 1 amide bonds. The molecule has 0 radical (unpaired) electrons. The molecule has 1 aliphatic rings. The molecule has 0 aliphatic heterocycles. The van der Waals surface area contributed by atoms with Crippen LogP contribution in [0, 0.1) is 5.92 Å². The lowest BCUT2D eigenvalue weighted by Gasteiger charge is -2.27. The molecule has 0 bridgehead atoms. The van der Waals surface area contributed by atoms with E-state index in [-0.39, 0.29) is 30.8 Å². The van der Waals surface area contributed by atoms with Gasteiger partial charge in [0.25, 0.3) is 0 Å². The zero-order valence-corrected chi connectivity index (χ0v) is 16.1. The number of carbonyl (C=O) groups is 3. The molecule has 28 heavy (non-hydrogen) atoms. The predicted octanol–water partition coefficient (Wildman–Crippen LogP) is 2.38. The van der Waals surface area contributed by atoms with Gasteiger partial charge in [-0.2, -0.15) is 0 Å². The minimum absolute atomic E-state index is 0.0476. The minimum Gasteiger partial charge on any atom is -0.480 e. The fourth-order valence-electron chi connectivity index (χ4n) is 3.61. The fourth-order valence-corrected chi connectivity index (χ4v) is 3.61. The number of amides is 1. The number of esters is 1. The number of benzene rings is 1. The average molecular weight is 390 g/mol. The number of hydrogen-bond donors (Lipinski definition) is 3. The number of hydrogen-bond acceptors (Lipinski definition) is 5. The summed E-state index contributed by atoms with van der Waals surface area (Å²) in [5, 5.41) is 12.5. The summed E-state index contributed by atoms with van der Waals surface area (Å²) < 4.78 is 5.47. The number of rotatable bonds is 9. The number of carboxylic acids is 1. The molecule has 0 aromatic heterocycles. The van der Waals surface area contributed by atoms with Crippen LogP contribution in [0.2, 0.25) is 0 Å². The maximum absolute atomic E-state index is 12.4. The molecule has 4 N–H and O–H groups in total. The first-order valence-electron chi connectivity index (χ1n) is 9.93. The maximum atomic E-state index is 12.4. The normalized spacial score (nSPS) is 21.1. The van der Waals surface area contributed by atoms with Crippen molar-refractivity contribution in [1.29, 1.82) is 0 Å². The molecule has 0 spiro atoms. The van der Waals surface area contributed by atoms with Crippen LogP contribution in [0.25, 0.3) is 0 Å². The van der Waals surface area contributed by atoms with Crippen LogP contribution < -0.4 is 11.1 Å². The van der Waals surface area contributed by atoms with Gasteiger partial charge in [0, 0.05) is 12.5 Å². The van der Waals surface area contributed by atoms with Gasteiger partial charge >= 0.3 is 11.9 Å². The van der Waals surface area contributed by atoms with E-state index in [0.717, 1.165) is 44.1 Å². The van der Waals surface area contributed by atoms with E-state index in [1.807, 2.05) is 30.3 Å². The molecule has 1 fully saturated rings. The third-order valence-corrected chi connectivity index (χ3v) is 5.18. The Hall–Kier alpha value is -2.41. The molecule has 1 saturated carbocycles. The molecule has 1 unspecified atom stereocenters. The molecule has 1 aromatic rings. The summed E-state index contributed by atoms with van der Waals surface area (Å²) in [4.78, 5) is 34.7. The number of ether oxygens (including phenoxy) is 1. The van der Waals surface area contributed by atoms with E-state index in [4.69, 9.17) is 10.5 Å². The van der Waals surface area contributed by atoms with Gasteiger partial charge < -0.3 is 20.9 Å². The maximum Gasteiger partial charge on any atom is 0.320 e. The Balaban J connectivity index is 1.76. The third-order valence-electron chi connectivity index (χ3n) is 5.18. The highest BCUT2D eigenvalue weighted by atomic mass is 16.5. The molecular formula is C21H30N2O5. The standard InChI is InChI=1S/C21H30N2O5/c22-19(24)13-12-18(20(25)26)23-17-10-4-8-16(9-5-11-17)21(27)28-14-15-6-2-1-3-7-15/h1-3,6-7,16-18,23H,4-5,8-14H2,(H2,22,24)(H,25,26). The lowest BCUT2D eigenvalue weighted by Crippen LogP contribution is -2.44. The van der Waals surface area contributed by atoms with Gasteiger partial charge in [-0.15, -0.1) is 0 Å². The van der Waals surface area contributed by atoms with Crippen molar-refractivity contribution in [2.75, 3.05) is 0 Å². The number of nitrogens with two attached hydrogens (primary N) is 1. The van der Waals surface area contributed by atoms with Gasteiger partial charge in [0.2, 0.25) is 5.91 Å². The van der Waals surface area contributed by atoms with Gasteiger partial charge in [-0.25, -0.2) is 0 Å². The smallest absolute Gasteiger partial charge is 0.320 e. The van der Waals surface area contributed by atoms with Crippen molar-refractivity contribution in [1.82, 2.24) is 5.32 Å². The summed E-state index contributed by atoms with van der Waals surface area (Å²) in [6.45, 7) is 0.292. The summed E-state index contributed by atoms with van der Waals surface area (Å²) in [5.74, 6) is -1.72. The summed E-state index contributed by atoms with van der Waals surface area (Å²) in [6, 6.07) is 8.91. The van der Waals surface area contributed by atoms with E-state index in [1.54, 1.807) is 0 Å². The van der Waals surface area contributed by atoms with Gasteiger partial charge in [-0.05, 0) is 37.7 Å². The number of carboxylic acid groups (broad SMARTS) is 1. The minimum atomic E-state index is -0.967. The van der Waals surface area contributed by atoms with Crippen LogP contribution in [0.3, 0.4) is 0 Å². The van der Waals surface area contributed by atoms with Crippen molar-refractivity contribution >= 4 is 17.8 Å². The lowest BCUT2D eigenvalue weighted by atomic mass is 9.88. The summed E-state index contributed by atoms with van der Waals surface area (Å²) in [6.07, 6.45) is 4.96. The molecule has 0 saturated heterocycles. The van der Waals surface area contributed by atoms with Gasteiger partial charge in [-0.1, -0.05) is 43.2 Å². The second kappa shape index (κ2) is 11.4. The third kappa shape index (κ3) is 7.68. The van der Waals surface area contributed by atoms with Gasteiger partial charge in [0.05, 0.1) is 5.92 Å². The Labute approximate surface area is 165 Å². The molecule has 1 atom stereocenters. The summed E-state index contributed by atoms with van der Waals surface area (Å²) >= 11 is 0. The second-order valence-corrected chi connectivity index (χ2v) is 7.41. The average Bonchev–Trinajstić information content (AvgIpc) is 2.65. The Morgan fingerprint density at radius 2 is 1.75 bits per heavy atom. The zero-order valence-electron chi connectivity index (χ0n) is 16.1. The van der Waals surface area contributed by atoms with E-state index in [1.165, 1.54) is 0 Å². The van der Waals surface area contributed by atoms with Crippen LogP contribution in [-0.4, -0.2) is 35.0 Å². The molecule has 0 heterocycles. The molecule has 2 rings (SSSR count). The highest BCUT2D eigenvalue weighted by Crippen LogP contribution is 2.24. The van der Waals surface area contributed by atoms with Crippen LogP contribution in [0.4, 0.5) is 0 Å². The van der Waals surface area contributed by atoms with Gasteiger partial charge in [0.1, 0.15) is 12.6 Å². The van der Waals surface area contributed by atoms with Crippen LogP contribution in [0.5, 0.6) is 0 Å². The Kier molecular flexibility index (Phi) is 8.94. The molecule has 7 nitrogen and oxygen atoms in total. The van der Waals surface area contributed by atoms with E-state index >= 15 is 0 Å². The van der Waals surface area contributed by atoms with Crippen molar-refractivity contribution in [2.24, 2.45) is 11.7 Å². The highest BCUT2D eigenvalue weighted by Gasteiger charge is 2.26. The van der Waals surface area contributed by atoms with Gasteiger partial charge in [-0.3, -0.25) is 14.4 Å². The fraction of sp³-hybridized carbons (Fsp3) is 0.571. The van der Waals surface area contributed by atoms with Gasteiger partial charge in [0.15, 0.2) is 0 Å². The number of primary amides is 1. The largest absolute Gasteiger partial charge is 0.480 e. The summed E-state index contributed by atoms with van der Waals surface area (Å²) in [7, 11) is 0. The monoisotopic (exact) mass is 390 g/mol. The van der Waals surface area contributed by atoms with Crippen molar-refractivity contribution < 1.29 is 24.2 Å². The van der Waals surface area contributed by atoms with Crippen molar-refractivity contribution in [3.05, 3.63) is 35.9 Å². The predicted molar refractivity (Wildman–Crippen MR) is 104 cm³/mol. The first-order chi connectivity index (χ1) is 13.5. The van der Waals surface area contributed by atoms with Crippen LogP contribution in [0.15, 0.2) is 30.3 Å². The van der Waals surface area contributed by atoms with Crippen LogP contribution in [0.1, 0.15) is 56.9 Å². The summed E-state index contributed by atoms with van der Waals surface area (Å²) in [5.41, 5.74) is 6.10. The Bertz CT molecular complexity index is 639. The number of carbonyl (C=O) groups excluding carboxylic acids is 2. The van der Waals surface area contributed by atoms with Crippen LogP contribution >= 0.6 is 0 Å². The second-order valence-electron chi connectivity index (χ2n) is 7.41. The first-order valence-corrected chi connectivity index (χ1v) is 9.93. The lowest BCUT2D eigenvalue weighted by molar-refractivity contribution is -0.150. The first kappa shape index (κ1) is 21.9. The number of aliphatic carboxylic acids is 1. The van der Waals surface area contributed by atoms with E-state index in [2.05, 4.69) is 5.32 Å². The number of nitrogens with one attached hydrogen (secondary N) is 1. The topological polar surface area (TPSA) is 119 Å².